The normalized spacial score (nSPS) is 8.77. The molecule has 0 heterocycles. The third-order valence-corrected chi connectivity index (χ3v) is 1.50. The summed E-state index contributed by atoms with van der Waals surface area (Å²) in [5, 5.41) is 8.44. The van der Waals surface area contributed by atoms with Crippen molar-refractivity contribution in [2.24, 2.45) is 0 Å². The third-order valence-electron chi connectivity index (χ3n) is 1.50. The monoisotopic (exact) mass is 184 g/mol. The van der Waals surface area contributed by atoms with Crippen molar-refractivity contribution in [3.05, 3.63) is 0 Å². The number of ether oxygens (including phenoxy) is 1. The van der Waals surface area contributed by atoms with Gasteiger partial charge in [0.2, 0.25) is 0 Å². The van der Waals surface area contributed by atoms with Gasteiger partial charge in [0.15, 0.2) is 0 Å². The molecular formula is C10H16O3. The minimum Gasteiger partial charge on any atom is -0.469 e. The molecular weight excluding hydrogens is 168 g/mol. The maximum Gasteiger partial charge on any atom is 0.305 e. The van der Waals surface area contributed by atoms with E-state index in [-0.39, 0.29) is 12.6 Å². The first-order valence-corrected chi connectivity index (χ1v) is 4.44. The van der Waals surface area contributed by atoms with E-state index < -0.39 is 0 Å². The molecule has 0 aliphatic rings. The summed E-state index contributed by atoms with van der Waals surface area (Å²) < 4.78 is 4.48. The molecule has 1 N–H and O–H groups in total. The van der Waals surface area contributed by atoms with Crippen LogP contribution in [0, 0.1) is 11.8 Å². The summed E-state index contributed by atoms with van der Waals surface area (Å²) in [5.41, 5.74) is 0. The Morgan fingerprint density at radius 3 is 2.46 bits per heavy atom. The molecule has 0 aromatic heterocycles. The van der Waals surface area contributed by atoms with Crippen LogP contribution >= 0.6 is 0 Å². The maximum atomic E-state index is 10.6. The van der Waals surface area contributed by atoms with Crippen LogP contribution in [0.4, 0.5) is 0 Å². The standard InChI is InChI=1S/C10H16O3/c1-13-10(12)8-6-4-2-3-5-7-9-11/h11H,4-9H2,1H3. The lowest BCUT2D eigenvalue weighted by atomic mass is 10.2. The number of hydrogen-bond donors (Lipinski definition) is 1. The lowest BCUT2D eigenvalue weighted by Gasteiger charge is -1.94. The first kappa shape index (κ1) is 12.0. The van der Waals surface area contributed by atoms with E-state index in [0.717, 1.165) is 25.7 Å². The van der Waals surface area contributed by atoms with Crippen LogP contribution in [0.25, 0.3) is 0 Å². The Morgan fingerprint density at radius 1 is 1.31 bits per heavy atom. The van der Waals surface area contributed by atoms with E-state index in [4.69, 9.17) is 5.11 Å². The summed E-state index contributed by atoms with van der Waals surface area (Å²) in [4.78, 5) is 10.6. The number of carbonyl (C=O) groups is 1. The fourth-order valence-corrected chi connectivity index (χ4v) is 0.767. The molecule has 0 saturated heterocycles. The summed E-state index contributed by atoms with van der Waals surface area (Å²) >= 11 is 0. The molecule has 0 aliphatic carbocycles. The van der Waals surface area contributed by atoms with Gasteiger partial charge >= 0.3 is 5.97 Å². The van der Waals surface area contributed by atoms with Crippen LogP contribution in [0.2, 0.25) is 0 Å². The van der Waals surface area contributed by atoms with Gasteiger partial charge in [-0.15, -0.1) is 11.8 Å². The van der Waals surface area contributed by atoms with Gasteiger partial charge in [0.1, 0.15) is 0 Å². The van der Waals surface area contributed by atoms with Gasteiger partial charge in [-0.3, -0.25) is 4.79 Å². The van der Waals surface area contributed by atoms with Crippen molar-refractivity contribution >= 4 is 5.97 Å². The van der Waals surface area contributed by atoms with E-state index in [1.807, 2.05) is 0 Å². The number of methoxy groups -OCH3 is 1. The molecule has 0 fully saturated rings. The Morgan fingerprint density at radius 2 is 1.92 bits per heavy atom. The fraction of sp³-hybridized carbons (Fsp3) is 0.700. The smallest absolute Gasteiger partial charge is 0.305 e. The summed E-state index contributed by atoms with van der Waals surface area (Å²) in [5.74, 6) is 5.66. The second kappa shape index (κ2) is 9.08. The summed E-state index contributed by atoms with van der Waals surface area (Å²) in [6.07, 6.45) is 3.36. The van der Waals surface area contributed by atoms with Gasteiger partial charge in [-0.05, 0) is 12.8 Å². The van der Waals surface area contributed by atoms with Crippen LogP contribution in [0.5, 0.6) is 0 Å². The lowest BCUT2D eigenvalue weighted by molar-refractivity contribution is -0.140. The van der Waals surface area contributed by atoms with Crippen LogP contribution in [-0.4, -0.2) is 24.8 Å². The molecule has 0 unspecified atom stereocenters. The lowest BCUT2D eigenvalue weighted by Crippen LogP contribution is -1.98. The molecule has 0 atom stereocenters. The maximum absolute atomic E-state index is 10.6. The molecule has 0 aromatic carbocycles. The highest BCUT2D eigenvalue weighted by Crippen LogP contribution is 1.95. The van der Waals surface area contributed by atoms with E-state index in [9.17, 15) is 4.79 Å². The SMILES string of the molecule is COC(=O)CCCC#CCCCO. The predicted octanol–water partition coefficient (Wildman–Crippen LogP) is 1.11. The number of esters is 1. The van der Waals surface area contributed by atoms with Crippen LogP contribution in [0.1, 0.15) is 32.1 Å². The Labute approximate surface area is 79.1 Å². The Balaban J connectivity index is 3.22. The minimum absolute atomic E-state index is 0.183. The molecule has 0 rings (SSSR count). The van der Waals surface area contributed by atoms with Gasteiger partial charge in [-0.25, -0.2) is 0 Å². The molecule has 3 heteroatoms. The molecule has 74 valence electrons. The first-order valence-electron chi connectivity index (χ1n) is 4.44. The van der Waals surface area contributed by atoms with Crippen molar-refractivity contribution in [3.63, 3.8) is 0 Å². The molecule has 0 radical (unpaired) electrons. The van der Waals surface area contributed by atoms with E-state index >= 15 is 0 Å². The zero-order chi connectivity index (χ0) is 9.94. The van der Waals surface area contributed by atoms with Gasteiger partial charge in [-0.1, -0.05) is 0 Å². The molecule has 0 bridgehead atoms. The third kappa shape index (κ3) is 8.90. The second-order valence-electron chi connectivity index (χ2n) is 2.61. The van der Waals surface area contributed by atoms with Crippen LogP contribution in [-0.2, 0) is 9.53 Å². The van der Waals surface area contributed by atoms with E-state index in [0.29, 0.717) is 6.42 Å². The largest absolute Gasteiger partial charge is 0.469 e. The van der Waals surface area contributed by atoms with Gasteiger partial charge in [0, 0.05) is 25.9 Å². The molecule has 0 aromatic rings. The van der Waals surface area contributed by atoms with Crippen molar-refractivity contribution in [1.29, 1.82) is 0 Å². The average Bonchev–Trinajstić information content (AvgIpc) is 2.16. The molecule has 3 nitrogen and oxygen atoms in total. The number of carbonyl (C=O) groups excluding carboxylic acids is 1. The van der Waals surface area contributed by atoms with Crippen molar-refractivity contribution in [2.75, 3.05) is 13.7 Å². The van der Waals surface area contributed by atoms with Crippen molar-refractivity contribution in [2.45, 2.75) is 32.1 Å². The number of rotatable bonds is 5. The van der Waals surface area contributed by atoms with Crippen molar-refractivity contribution < 1.29 is 14.6 Å². The number of aliphatic hydroxyl groups is 1. The van der Waals surface area contributed by atoms with Gasteiger partial charge in [0.25, 0.3) is 0 Å². The Kier molecular flexibility index (Phi) is 8.38. The van der Waals surface area contributed by atoms with Gasteiger partial charge < -0.3 is 9.84 Å². The van der Waals surface area contributed by atoms with Crippen LogP contribution in [0.15, 0.2) is 0 Å². The highest BCUT2D eigenvalue weighted by atomic mass is 16.5. The van der Waals surface area contributed by atoms with Gasteiger partial charge in [-0.2, -0.15) is 0 Å². The molecule has 0 amide bonds. The van der Waals surface area contributed by atoms with Gasteiger partial charge in [0.05, 0.1) is 7.11 Å². The molecule has 13 heavy (non-hydrogen) atoms. The van der Waals surface area contributed by atoms with Crippen molar-refractivity contribution in [3.8, 4) is 11.8 Å². The van der Waals surface area contributed by atoms with E-state index in [2.05, 4.69) is 16.6 Å². The fourth-order valence-electron chi connectivity index (χ4n) is 0.767. The van der Waals surface area contributed by atoms with Crippen molar-refractivity contribution in [1.82, 2.24) is 0 Å². The Hall–Kier alpha value is -1.01. The average molecular weight is 184 g/mol. The zero-order valence-corrected chi connectivity index (χ0v) is 8.01. The Bertz CT molecular complexity index is 188. The number of aliphatic hydroxyl groups excluding tert-OH is 1. The highest BCUT2D eigenvalue weighted by Gasteiger charge is 1.96. The highest BCUT2D eigenvalue weighted by molar-refractivity contribution is 5.69. The predicted molar refractivity (Wildman–Crippen MR) is 50.0 cm³/mol. The summed E-state index contributed by atoms with van der Waals surface area (Å²) in [6, 6.07) is 0. The molecule has 0 spiro atoms. The van der Waals surface area contributed by atoms with E-state index in [1.165, 1.54) is 7.11 Å². The minimum atomic E-state index is -0.183. The second-order valence-corrected chi connectivity index (χ2v) is 2.61. The summed E-state index contributed by atoms with van der Waals surface area (Å²) in [7, 11) is 1.38. The number of unbranched alkanes of at least 4 members (excludes halogenated alkanes) is 2. The number of hydrogen-bond acceptors (Lipinski definition) is 3. The molecule has 0 aliphatic heterocycles. The topological polar surface area (TPSA) is 46.5 Å². The van der Waals surface area contributed by atoms with E-state index in [1.54, 1.807) is 0 Å². The first-order chi connectivity index (χ1) is 6.31. The van der Waals surface area contributed by atoms with Crippen LogP contribution in [0.3, 0.4) is 0 Å². The van der Waals surface area contributed by atoms with Crippen LogP contribution < -0.4 is 0 Å². The summed E-state index contributed by atoms with van der Waals surface area (Å²) in [6.45, 7) is 0.191. The molecule has 0 saturated carbocycles. The quantitative estimate of drug-likeness (QED) is 0.395. The zero-order valence-electron chi connectivity index (χ0n) is 8.01.